The molecular formula is C10H22O5. The van der Waals surface area contributed by atoms with Crippen LogP contribution in [0.2, 0.25) is 0 Å². The van der Waals surface area contributed by atoms with Crippen LogP contribution in [0.25, 0.3) is 0 Å². The van der Waals surface area contributed by atoms with Crippen LogP contribution in [-0.4, -0.2) is 49.2 Å². The minimum absolute atomic E-state index is 0.000139. The average molecular weight is 222 g/mol. The van der Waals surface area contributed by atoms with Crippen molar-refractivity contribution in [3.63, 3.8) is 0 Å². The van der Waals surface area contributed by atoms with Gasteiger partial charge < -0.3 is 24.4 Å². The van der Waals surface area contributed by atoms with Crippen molar-refractivity contribution in [2.24, 2.45) is 0 Å². The molecule has 0 aromatic carbocycles. The molecule has 15 heavy (non-hydrogen) atoms. The quantitative estimate of drug-likeness (QED) is 0.680. The fraction of sp³-hybridized carbons (Fsp3) is 1.00. The number of hydrogen-bond donors (Lipinski definition) is 2. The van der Waals surface area contributed by atoms with Crippen molar-refractivity contribution in [3.05, 3.63) is 0 Å². The monoisotopic (exact) mass is 222 g/mol. The van der Waals surface area contributed by atoms with Gasteiger partial charge in [0.2, 0.25) is 0 Å². The van der Waals surface area contributed by atoms with Gasteiger partial charge in [-0.3, -0.25) is 0 Å². The zero-order valence-electron chi connectivity index (χ0n) is 9.90. The standard InChI is InChI=1S/C7H14O3.C3H8O2/c1-8-5-6-3-4-7(9-2)10-6;1-3(2,4)5/h6-7H,3-5H2,1-2H3;4-5H,1-2H3. The molecule has 1 aliphatic heterocycles. The van der Waals surface area contributed by atoms with Crippen LogP contribution in [0.3, 0.4) is 0 Å². The molecule has 5 nitrogen and oxygen atoms in total. The number of aliphatic hydroxyl groups is 2. The number of rotatable bonds is 3. The minimum Gasteiger partial charge on any atom is -0.382 e. The molecule has 0 amide bonds. The van der Waals surface area contributed by atoms with Gasteiger partial charge in [-0.15, -0.1) is 0 Å². The molecule has 1 fully saturated rings. The van der Waals surface area contributed by atoms with Crippen LogP contribution in [0, 0.1) is 0 Å². The Kier molecular flexibility index (Phi) is 7.04. The molecule has 1 saturated heterocycles. The fourth-order valence-electron chi connectivity index (χ4n) is 1.15. The predicted octanol–water partition coefficient (Wildman–Crippen LogP) is 0.491. The Morgan fingerprint density at radius 1 is 1.27 bits per heavy atom. The predicted molar refractivity (Wildman–Crippen MR) is 55.3 cm³/mol. The summed E-state index contributed by atoms with van der Waals surface area (Å²) in [5, 5.41) is 16.2. The first kappa shape index (κ1) is 14.8. The Morgan fingerprint density at radius 3 is 2.13 bits per heavy atom. The molecular weight excluding hydrogens is 200 g/mol. The second kappa shape index (κ2) is 7.14. The highest BCUT2D eigenvalue weighted by molar-refractivity contribution is 4.66. The van der Waals surface area contributed by atoms with Crippen LogP contribution >= 0.6 is 0 Å². The first-order chi connectivity index (χ1) is 6.86. The Morgan fingerprint density at radius 2 is 1.80 bits per heavy atom. The molecule has 92 valence electrons. The van der Waals surface area contributed by atoms with E-state index in [-0.39, 0.29) is 12.4 Å². The van der Waals surface area contributed by atoms with Crippen LogP contribution in [-0.2, 0) is 14.2 Å². The summed E-state index contributed by atoms with van der Waals surface area (Å²) < 4.78 is 15.4. The molecule has 2 unspecified atom stereocenters. The van der Waals surface area contributed by atoms with Gasteiger partial charge in [0.15, 0.2) is 12.1 Å². The third-order valence-corrected chi connectivity index (χ3v) is 1.68. The molecule has 2 N–H and O–H groups in total. The summed E-state index contributed by atoms with van der Waals surface area (Å²) >= 11 is 0. The first-order valence-corrected chi connectivity index (χ1v) is 4.98. The van der Waals surface area contributed by atoms with E-state index in [1.165, 1.54) is 13.8 Å². The van der Waals surface area contributed by atoms with Crippen LogP contribution in [0.5, 0.6) is 0 Å². The lowest BCUT2D eigenvalue weighted by Crippen LogP contribution is -2.16. The van der Waals surface area contributed by atoms with E-state index in [2.05, 4.69) is 0 Å². The van der Waals surface area contributed by atoms with E-state index in [0.29, 0.717) is 6.61 Å². The van der Waals surface area contributed by atoms with Gasteiger partial charge in [0, 0.05) is 20.6 Å². The molecule has 0 aromatic rings. The molecule has 0 radical (unpaired) electrons. The average Bonchev–Trinajstić information content (AvgIpc) is 2.50. The van der Waals surface area contributed by atoms with Gasteiger partial charge >= 0.3 is 0 Å². The zero-order valence-corrected chi connectivity index (χ0v) is 9.90. The van der Waals surface area contributed by atoms with E-state index in [1.54, 1.807) is 14.2 Å². The second-order valence-corrected chi connectivity index (χ2v) is 3.95. The van der Waals surface area contributed by atoms with Crippen LogP contribution in [0.1, 0.15) is 26.7 Å². The summed E-state index contributed by atoms with van der Waals surface area (Å²) in [7, 11) is 3.35. The molecule has 5 heteroatoms. The lowest BCUT2D eigenvalue weighted by atomic mass is 10.2. The first-order valence-electron chi connectivity index (χ1n) is 4.98. The summed E-state index contributed by atoms with van der Waals surface area (Å²) in [6, 6.07) is 0. The largest absolute Gasteiger partial charge is 0.382 e. The molecule has 1 heterocycles. The summed E-state index contributed by atoms with van der Waals surface area (Å²) in [5.41, 5.74) is 0. The van der Waals surface area contributed by atoms with Gasteiger partial charge in [-0.2, -0.15) is 0 Å². The van der Waals surface area contributed by atoms with Gasteiger partial charge in [-0.05, 0) is 20.3 Å². The fourth-order valence-corrected chi connectivity index (χ4v) is 1.15. The van der Waals surface area contributed by atoms with E-state index < -0.39 is 5.79 Å². The summed E-state index contributed by atoms with van der Waals surface area (Å²) in [6.07, 6.45) is 2.28. The van der Waals surface area contributed by atoms with Gasteiger partial charge in [0.05, 0.1) is 12.7 Å². The molecule has 1 aliphatic rings. The van der Waals surface area contributed by atoms with Crippen molar-refractivity contribution < 1.29 is 24.4 Å². The molecule has 0 aromatic heterocycles. The van der Waals surface area contributed by atoms with Crippen molar-refractivity contribution in [2.45, 2.75) is 44.9 Å². The number of methoxy groups -OCH3 is 2. The molecule has 0 bridgehead atoms. The molecule has 0 saturated carbocycles. The third kappa shape index (κ3) is 10.1. The summed E-state index contributed by atoms with van der Waals surface area (Å²) in [5.74, 6) is -1.50. The number of ether oxygens (including phenoxy) is 3. The summed E-state index contributed by atoms with van der Waals surface area (Å²) in [4.78, 5) is 0. The zero-order chi connectivity index (χ0) is 11.9. The Hall–Kier alpha value is -0.200. The van der Waals surface area contributed by atoms with E-state index in [4.69, 9.17) is 24.4 Å². The Bertz CT molecular complexity index is 148. The lowest BCUT2D eigenvalue weighted by Gasteiger charge is -2.10. The number of hydrogen-bond acceptors (Lipinski definition) is 5. The van der Waals surface area contributed by atoms with Crippen molar-refractivity contribution in [1.82, 2.24) is 0 Å². The van der Waals surface area contributed by atoms with E-state index in [9.17, 15) is 0 Å². The topological polar surface area (TPSA) is 68.2 Å². The maximum Gasteiger partial charge on any atom is 0.157 e. The van der Waals surface area contributed by atoms with Crippen LogP contribution in [0.15, 0.2) is 0 Å². The SMILES string of the molecule is CC(C)(O)O.COCC1CCC(OC)O1. The maximum absolute atomic E-state index is 8.08. The van der Waals surface area contributed by atoms with Gasteiger partial charge in [-0.1, -0.05) is 0 Å². The molecule has 1 rings (SSSR count). The van der Waals surface area contributed by atoms with E-state index in [1.807, 2.05) is 0 Å². The highest BCUT2D eigenvalue weighted by Gasteiger charge is 2.24. The lowest BCUT2D eigenvalue weighted by molar-refractivity contribution is -0.127. The molecule has 2 atom stereocenters. The van der Waals surface area contributed by atoms with Crippen LogP contribution < -0.4 is 0 Å². The smallest absolute Gasteiger partial charge is 0.157 e. The highest BCUT2D eigenvalue weighted by Crippen LogP contribution is 2.19. The maximum atomic E-state index is 8.08. The normalized spacial score (nSPS) is 26.0. The Labute approximate surface area is 91.0 Å². The van der Waals surface area contributed by atoms with Crippen molar-refractivity contribution in [3.8, 4) is 0 Å². The van der Waals surface area contributed by atoms with Gasteiger partial charge in [-0.25, -0.2) is 0 Å². The van der Waals surface area contributed by atoms with Gasteiger partial charge in [0.1, 0.15) is 0 Å². The molecule has 0 aliphatic carbocycles. The highest BCUT2D eigenvalue weighted by atomic mass is 16.7. The van der Waals surface area contributed by atoms with Crippen molar-refractivity contribution in [2.75, 3.05) is 20.8 Å². The van der Waals surface area contributed by atoms with Crippen LogP contribution in [0.4, 0.5) is 0 Å². The minimum atomic E-state index is -1.50. The van der Waals surface area contributed by atoms with Crippen molar-refractivity contribution >= 4 is 0 Å². The molecule has 0 spiro atoms. The van der Waals surface area contributed by atoms with E-state index in [0.717, 1.165) is 12.8 Å². The van der Waals surface area contributed by atoms with Crippen molar-refractivity contribution in [1.29, 1.82) is 0 Å². The van der Waals surface area contributed by atoms with Gasteiger partial charge in [0.25, 0.3) is 0 Å². The third-order valence-electron chi connectivity index (χ3n) is 1.68. The second-order valence-electron chi connectivity index (χ2n) is 3.95. The van der Waals surface area contributed by atoms with E-state index >= 15 is 0 Å². The Balaban J connectivity index is 0.000000336. The summed E-state index contributed by atoms with van der Waals surface area (Å²) in [6.45, 7) is 3.28.